The Bertz CT molecular complexity index is 1200. The average Bonchev–Trinajstić information content (AvgIpc) is 2.84. The SMILES string of the molecule is CCC(=NNC(=O)c1ccc(COc2cccc3cccnc23)cc1)c1ccccc1. The Balaban J connectivity index is 1.39. The minimum absolute atomic E-state index is 0.243. The minimum atomic E-state index is -0.243. The van der Waals surface area contributed by atoms with Gasteiger partial charge in [0.15, 0.2) is 0 Å². The van der Waals surface area contributed by atoms with Crippen LogP contribution >= 0.6 is 0 Å². The largest absolute Gasteiger partial charge is 0.487 e. The second kappa shape index (κ2) is 9.67. The molecular weight excluding hydrogens is 386 g/mol. The molecule has 1 heterocycles. The summed E-state index contributed by atoms with van der Waals surface area (Å²) in [6.45, 7) is 2.40. The van der Waals surface area contributed by atoms with Gasteiger partial charge in [-0.05, 0) is 41.8 Å². The van der Waals surface area contributed by atoms with Gasteiger partial charge in [-0.3, -0.25) is 9.78 Å². The zero-order valence-corrected chi connectivity index (χ0v) is 17.3. The van der Waals surface area contributed by atoms with Gasteiger partial charge in [-0.25, -0.2) is 5.43 Å². The number of aromatic nitrogens is 1. The summed E-state index contributed by atoms with van der Waals surface area (Å²) in [6.07, 6.45) is 2.48. The molecular formula is C26H23N3O2. The van der Waals surface area contributed by atoms with Gasteiger partial charge in [0.2, 0.25) is 0 Å². The van der Waals surface area contributed by atoms with Gasteiger partial charge in [0.25, 0.3) is 5.91 Å². The van der Waals surface area contributed by atoms with E-state index in [-0.39, 0.29) is 5.91 Å². The maximum atomic E-state index is 12.5. The summed E-state index contributed by atoms with van der Waals surface area (Å²) >= 11 is 0. The smallest absolute Gasteiger partial charge is 0.271 e. The van der Waals surface area contributed by atoms with Gasteiger partial charge in [-0.1, -0.05) is 67.6 Å². The Morgan fingerprint density at radius 2 is 1.68 bits per heavy atom. The highest BCUT2D eigenvalue weighted by atomic mass is 16.5. The van der Waals surface area contributed by atoms with Crippen LogP contribution in [0.25, 0.3) is 10.9 Å². The van der Waals surface area contributed by atoms with E-state index in [4.69, 9.17) is 4.74 Å². The van der Waals surface area contributed by atoms with E-state index in [0.29, 0.717) is 12.2 Å². The van der Waals surface area contributed by atoms with Crippen molar-refractivity contribution >= 4 is 22.5 Å². The molecule has 3 aromatic carbocycles. The monoisotopic (exact) mass is 409 g/mol. The van der Waals surface area contributed by atoms with Crippen LogP contribution in [0, 0.1) is 0 Å². The Labute approximate surface area is 181 Å². The Morgan fingerprint density at radius 1 is 0.903 bits per heavy atom. The van der Waals surface area contributed by atoms with Crippen molar-refractivity contribution < 1.29 is 9.53 Å². The van der Waals surface area contributed by atoms with E-state index in [9.17, 15) is 4.79 Å². The molecule has 0 spiro atoms. The van der Waals surface area contributed by atoms with Crippen LogP contribution in [0.1, 0.15) is 34.8 Å². The molecule has 154 valence electrons. The summed E-state index contributed by atoms with van der Waals surface area (Å²) in [6, 6.07) is 26.9. The lowest BCUT2D eigenvalue weighted by Crippen LogP contribution is -2.20. The van der Waals surface area contributed by atoms with E-state index in [1.807, 2.05) is 79.7 Å². The molecule has 5 heteroatoms. The lowest BCUT2D eigenvalue weighted by atomic mass is 10.1. The summed E-state index contributed by atoms with van der Waals surface area (Å²) in [5, 5.41) is 5.34. The molecule has 0 bridgehead atoms. The van der Waals surface area contributed by atoms with Crippen LogP contribution in [0.3, 0.4) is 0 Å². The molecule has 0 radical (unpaired) electrons. The standard InChI is InChI=1S/C26H23N3O2/c1-2-23(20-8-4-3-5-9-20)28-29-26(30)22-15-13-19(14-16-22)18-31-24-12-6-10-21-11-7-17-27-25(21)24/h3-17H,2,18H2,1H3,(H,29,30). The predicted molar refractivity (Wildman–Crippen MR) is 123 cm³/mol. The molecule has 0 aliphatic rings. The first-order valence-corrected chi connectivity index (χ1v) is 10.2. The number of hydrazone groups is 1. The number of hydrogen-bond donors (Lipinski definition) is 1. The summed E-state index contributed by atoms with van der Waals surface area (Å²) in [7, 11) is 0. The molecule has 0 saturated heterocycles. The number of pyridine rings is 1. The summed E-state index contributed by atoms with van der Waals surface area (Å²) in [5.74, 6) is 0.495. The van der Waals surface area contributed by atoms with Crippen molar-refractivity contribution in [1.82, 2.24) is 10.4 Å². The molecule has 0 fully saturated rings. The van der Waals surface area contributed by atoms with Crippen LogP contribution in [-0.4, -0.2) is 16.6 Å². The molecule has 0 saturated carbocycles. The third-order valence-electron chi connectivity index (χ3n) is 4.94. The topological polar surface area (TPSA) is 63.6 Å². The normalized spacial score (nSPS) is 11.3. The van der Waals surface area contributed by atoms with Gasteiger partial charge in [0, 0.05) is 17.1 Å². The van der Waals surface area contributed by atoms with Crippen LogP contribution in [-0.2, 0) is 6.61 Å². The molecule has 5 nitrogen and oxygen atoms in total. The van der Waals surface area contributed by atoms with Crippen molar-refractivity contribution in [2.75, 3.05) is 0 Å². The molecule has 1 aromatic heterocycles. The predicted octanol–water partition coefficient (Wildman–Crippen LogP) is 5.36. The van der Waals surface area contributed by atoms with Gasteiger partial charge in [-0.15, -0.1) is 0 Å². The number of ether oxygens (including phenoxy) is 1. The van der Waals surface area contributed by atoms with Gasteiger partial charge in [0.1, 0.15) is 17.9 Å². The van der Waals surface area contributed by atoms with E-state index in [0.717, 1.165) is 39.9 Å². The fraction of sp³-hybridized carbons (Fsp3) is 0.115. The summed E-state index contributed by atoms with van der Waals surface area (Å²) in [5.41, 5.74) is 6.84. The highest BCUT2D eigenvalue weighted by Gasteiger charge is 2.07. The number of carbonyl (C=O) groups is 1. The maximum Gasteiger partial charge on any atom is 0.271 e. The van der Waals surface area contributed by atoms with E-state index >= 15 is 0 Å². The van der Waals surface area contributed by atoms with Crippen LogP contribution in [0.15, 0.2) is 96.2 Å². The number of carbonyl (C=O) groups excluding carboxylic acids is 1. The summed E-state index contributed by atoms with van der Waals surface area (Å²) in [4.78, 5) is 16.9. The third kappa shape index (κ3) is 4.95. The fourth-order valence-corrected chi connectivity index (χ4v) is 3.27. The number of nitrogens with zero attached hydrogens (tertiary/aromatic N) is 2. The zero-order chi connectivity index (χ0) is 21.5. The fourth-order valence-electron chi connectivity index (χ4n) is 3.27. The van der Waals surface area contributed by atoms with Gasteiger partial charge in [-0.2, -0.15) is 5.10 Å². The lowest BCUT2D eigenvalue weighted by Gasteiger charge is -2.09. The number of amides is 1. The van der Waals surface area contributed by atoms with Gasteiger partial charge >= 0.3 is 0 Å². The average molecular weight is 409 g/mol. The molecule has 0 atom stereocenters. The van der Waals surface area contributed by atoms with E-state index in [2.05, 4.69) is 15.5 Å². The zero-order valence-electron chi connectivity index (χ0n) is 17.3. The van der Waals surface area contributed by atoms with Crippen LogP contribution < -0.4 is 10.2 Å². The number of para-hydroxylation sites is 1. The Hall–Kier alpha value is -3.99. The second-order valence-corrected chi connectivity index (χ2v) is 7.04. The molecule has 4 aromatic rings. The van der Waals surface area contributed by atoms with Crippen molar-refractivity contribution in [3.63, 3.8) is 0 Å². The molecule has 1 amide bonds. The van der Waals surface area contributed by atoms with Crippen LogP contribution in [0.5, 0.6) is 5.75 Å². The van der Waals surface area contributed by atoms with Crippen LogP contribution in [0.4, 0.5) is 0 Å². The number of hydrogen-bond acceptors (Lipinski definition) is 4. The molecule has 0 aliphatic carbocycles. The third-order valence-corrected chi connectivity index (χ3v) is 4.94. The quantitative estimate of drug-likeness (QED) is 0.330. The first kappa shape index (κ1) is 20.3. The lowest BCUT2D eigenvalue weighted by molar-refractivity contribution is 0.0954. The van der Waals surface area contributed by atoms with Crippen molar-refractivity contribution in [1.29, 1.82) is 0 Å². The Morgan fingerprint density at radius 3 is 2.45 bits per heavy atom. The first-order chi connectivity index (χ1) is 15.2. The van der Waals surface area contributed by atoms with E-state index in [1.165, 1.54) is 0 Å². The van der Waals surface area contributed by atoms with E-state index in [1.54, 1.807) is 18.3 Å². The molecule has 4 rings (SSSR count). The highest BCUT2D eigenvalue weighted by molar-refractivity contribution is 6.02. The number of fused-ring (bicyclic) bond motifs is 1. The first-order valence-electron chi connectivity index (χ1n) is 10.2. The molecule has 0 aliphatic heterocycles. The van der Waals surface area contributed by atoms with Crippen molar-refractivity contribution in [3.05, 3.63) is 108 Å². The van der Waals surface area contributed by atoms with E-state index < -0.39 is 0 Å². The second-order valence-electron chi connectivity index (χ2n) is 7.04. The highest BCUT2D eigenvalue weighted by Crippen LogP contribution is 2.23. The maximum absolute atomic E-state index is 12.5. The van der Waals surface area contributed by atoms with Crippen LogP contribution in [0.2, 0.25) is 0 Å². The number of nitrogens with one attached hydrogen (secondary N) is 1. The van der Waals surface area contributed by atoms with Gasteiger partial charge in [0.05, 0.1) is 5.71 Å². The molecule has 31 heavy (non-hydrogen) atoms. The Kier molecular flexibility index (Phi) is 6.33. The molecule has 1 N–H and O–H groups in total. The minimum Gasteiger partial charge on any atom is -0.487 e. The number of benzene rings is 3. The number of rotatable bonds is 7. The summed E-state index contributed by atoms with van der Waals surface area (Å²) < 4.78 is 5.96. The molecule has 0 unspecified atom stereocenters. The van der Waals surface area contributed by atoms with Crippen molar-refractivity contribution in [3.8, 4) is 5.75 Å². The van der Waals surface area contributed by atoms with Gasteiger partial charge < -0.3 is 4.74 Å². The van der Waals surface area contributed by atoms with Crippen molar-refractivity contribution in [2.24, 2.45) is 5.10 Å². The van der Waals surface area contributed by atoms with Crippen molar-refractivity contribution in [2.45, 2.75) is 20.0 Å².